The monoisotopic (exact) mass is 312 g/mol. The van der Waals surface area contributed by atoms with Crippen LogP contribution in [-0.4, -0.2) is 42.1 Å². The van der Waals surface area contributed by atoms with E-state index < -0.39 is 0 Å². The Morgan fingerprint density at radius 3 is 2.74 bits per heavy atom. The lowest BCUT2D eigenvalue weighted by atomic mass is 10.1. The molecule has 0 fully saturated rings. The van der Waals surface area contributed by atoms with Gasteiger partial charge in [0, 0.05) is 12.1 Å². The summed E-state index contributed by atoms with van der Waals surface area (Å²) in [4.78, 5) is 10.1. The molecule has 0 unspecified atom stereocenters. The lowest BCUT2D eigenvalue weighted by molar-refractivity contribution is 0.281. The number of ether oxygens (including phenoxy) is 1. The molecular weight excluding hydrogens is 292 g/mol. The third-order valence-corrected chi connectivity index (χ3v) is 3.19. The van der Waals surface area contributed by atoms with Crippen LogP contribution in [0.15, 0.2) is 24.3 Å². The van der Waals surface area contributed by atoms with Crippen LogP contribution in [0, 0.1) is 11.3 Å². The highest BCUT2D eigenvalue weighted by atomic mass is 16.5. The minimum atomic E-state index is 0.0359. The number of nitriles is 1. The van der Waals surface area contributed by atoms with Crippen molar-refractivity contribution in [2.75, 3.05) is 38.7 Å². The molecule has 0 bridgehead atoms. The summed E-state index contributed by atoms with van der Waals surface area (Å²) in [5, 5.41) is 9.26. The minimum absolute atomic E-state index is 0.0359. The molecule has 2 rings (SSSR count). The first-order chi connectivity index (χ1) is 11.0. The normalized spacial score (nSPS) is 10.5. The van der Waals surface area contributed by atoms with Crippen molar-refractivity contribution in [3.63, 3.8) is 0 Å². The Labute approximate surface area is 135 Å². The van der Waals surface area contributed by atoms with E-state index in [1.54, 1.807) is 0 Å². The minimum Gasteiger partial charge on any atom is -0.494 e. The second-order valence-electron chi connectivity index (χ2n) is 5.34. The Bertz CT molecular complexity index is 723. The maximum atomic E-state index is 9.26. The zero-order chi connectivity index (χ0) is 16.8. The van der Waals surface area contributed by atoms with Crippen LogP contribution >= 0.6 is 0 Å². The molecule has 0 aliphatic carbocycles. The van der Waals surface area contributed by atoms with E-state index >= 15 is 0 Å². The van der Waals surface area contributed by atoms with Gasteiger partial charge in [0.25, 0.3) is 0 Å². The highest BCUT2D eigenvalue weighted by molar-refractivity contribution is 5.73. The van der Waals surface area contributed by atoms with Gasteiger partial charge in [-0.05, 0) is 32.6 Å². The lowest BCUT2D eigenvalue weighted by Gasteiger charge is -2.11. The van der Waals surface area contributed by atoms with E-state index in [4.69, 9.17) is 16.2 Å². The molecule has 0 saturated carbocycles. The van der Waals surface area contributed by atoms with Gasteiger partial charge in [-0.1, -0.05) is 12.1 Å². The van der Waals surface area contributed by atoms with Gasteiger partial charge < -0.3 is 21.1 Å². The first-order valence-electron chi connectivity index (χ1n) is 7.22. The first kappa shape index (κ1) is 16.5. The summed E-state index contributed by atoms with van der Waals surface area (Å²) in [7, 11) is 4.04. The summed E-state index contributed by atoms with van der Waals surface area (Å²) in [6, 6.07) is 9.37. The average Bonchev–Trinajstić information content (AvgIpc) is 2.51. The summed E-state index contributed by atoms with van der Waals surface area (Å²) in [6.45, 7) is 1.57. The fourth-order valence-corrected chi connectivity index (χ4v) is 2.12. The molecule has 0 radical (unpaired) electrons. The highest BCUT2D eigenvalue weighted by Gasteiger charge is 2.13. The first-order valence-corrected chi connectivity index (χ1v) is 7.22. The number of hydrogen-bond donors (Lipinski definition) is 2. The Hall–Kier alpha value is -2.85. The maximum Gasteiger partial charge on any atom is 0.222 e. The molecule has 120 valence electrons. The molecule has 1 aromatic carbocycles. The zero-order valence-corrected chi connectivity index (χ0v) is 13.3. The Morgan fingerprint density at radius 2 is 2.04 bits per heavy atom. The van der Waals surface area contributed by atoms with Crippen molar-refractivity contribution in [1.82, 2.24) is 14.9 Å². The summed E-state index contributed by atoms with van der Waals surface area (Å²) in [6.07, 6.45) is 0.925. The third-order valence-electron chi connectivity index (χ3n) is 3.19. The summed E-state index contributed by atoms with van der Waals surface area (Å²) in [5.41, 5.74) is 12.7. The standard InChI is InChI=1S/C16H20N6O/c1-22(2)7-4-8-23-12-6-3-5-11(9-12)14-13(10-17)15(18)21-16(19)20-14/h3,5-6,9H,4,7-8H2,1-2H3,(H4,18,19,20,21). The van der Waals surface area contributed by atoms with Gasteiger partial charge in [0.15, 0.2) is 0 Å². The summed E-state index contributed by atoms with van der Waals surface area (Å²) in [5.74, 6) is 0.821. The van der Waals surface area contributed by atoms with Crippen LogP contribution in [0.2, 0.25) is 0 Å². The van der Waals surface area contributed by atoms with E-state index in [-0.39, 0.29) is 17.3 Å². The van der Waals surface area contributed by atoms with Crippen molar-refractivity contribution in [2.45, 2.75) is 6.42 Å². The second-order valence-corrected chi connectivity index (χ2v) is 5.34. The van der Waals surface area contributed by atoms with Crippen molar-refractivity contribution < 1.29 is 4.74 Å². The van der Waals surface area contributed by atoms with Gasteiger partial charge in [0.2, 0.25) is 5.95 Å². The number of benzene rings is 1. The molecule has 0 amide bonds. The van der Waals surface area contributed by atoms with Crippen LogP contribution in [0.5, 0.6) is 5.75 Å². The smallest absolute Gasteiger partial charge is 0.222 e. The topological polar surface area (TPSA) is 114 Å². The van der Waals surface area contributed by atoms with Crippen molar-refractivity contribution in [3.8, 4) is 23.1 Å². The molecule has 7 nitrogen and oxygen atoms in total. The van der Waals surface area contributed by atoms with Crippen LogP contribution in [0.1, 0.15) is 12.0 Å². The molecule has 0 spiro atoms. The van der Waals surface area contributed by atoms with E-state index in [2.05, 4.69) is 14.9 Å². The Kier molecular flexibility index (Phi) is 5.33. The molecule has 1 aromatic heterocycles. The molecule has 4 N–H and O–H groups in total. The van der Waals surface area contributed by atoms with E-state index in [1.165, 1.54) is 0 Å². The van der Waals surface area contributed by atoms with Crippen molar-refractivity contribution >= 4 is 11.8 Å². The fraction of sp³-hybridized carbons (Fsp3) is 0.312. The Balaban J connectivity index is 2.22. The van der Waals surface area contributed by atoms with E-state index in [9.17, 15) is 5.26 Å². The van der Waals surface area contributed by atoms with Gasteiger partial charge in [0.05, 0.1) is 12.3 Å². The van der Waals surface area contributed by atoms with Gasteiger partial charge in [-0.15, -0.1) is 0 Å². The van der Waals surface area contributed by atoms with Crippen LogP contribution < -0.4 is 16.2 Å². The predicted octanol–water partition coefficient (Wildman–Crippen LogP) is 1.51. The van der Waals surface area contributed by atoms with Crippen LogP contribution in [-0.2, 0) is 0 Å². The number of nitrogens with zero attached hydrogens (tertiary/aromatic N) is 4. The predicted molar refractivity (Wildman–Crippen MR) is 89.7 cm³/mol. The number of nitrogen functional groups attached to an aromatic ring is 2. The maximum absolute atomic E-state index is 9.26. The number of anilines is 2. The van der Waals surface area contributed by atoms with Crippen molar-refractivity contribution in [3.05, 3.63) is 29.8 Å². The molecule has 23 heavy (non-hydrogen) atoms. The van der Waals surface area contributed by atoms with Gasteiger partial charge in [0.1, 0.15) is 23.2 Å². The van der Waals surface area contributed by atoms with E-state index in [0.29, 0.717) is 23.6 Å². The number of hydrogen-bond acceptors (Lipinski definition) is 7. The van der Waals surface area contributed by atoms with Gasteiger partial charge in [-0.25, -0.2) is 4.98 Å². The quantitative estimate of drug-likeness (QED) is 0.777. The molecule has 0 aliphatic heterocycles. The molecule has 7 heteroatoms. The Morgan fingerprint density at radius 1 is 1.26 bits per heavy atom. The van der Waals surface area contributed by atoms with Crippen LogP contribution in [0.3, 0.4) is 0 Å². The SMILES string of the molecule is CN(C)CCCOc1cccc(-c2nc(N)nc(N)c2C#N)c1. The zero-order valence-electron chi connectivity index (χ0n) is 13.3. The molecule has 1 heterocycles. The number of rotatable bonds is 6. The highest BCUT2D eigenvalue weighted by Crippen LogP contribution is 2.28. The lowest BCUT2D eigenvalue weighted by Crippen LogP contribution is -2.15. The van der Waals surface area contributed by atoms with E-state index in [1.807, 2.05) is 44.4 Å². The molecular formula is C16H20N6O. The van der Waals surface area contributed by atoms with Gasteiger partial charge in [-0.3, -0.25) is 0 Å². The van der Waals surface area contributed by atoms with Crippen molar-refractivity contribution in [2.24, 2.45) is 0 Å². The molecule has 2 aromatic rings. The van der Waals surface area contributed by atoms with Gasteiger partial charge in [-0.2, -0.15) is 10.2 Å². The number of nitrogens with two attached hydrogens (primary N) is 2. The number of aromatic nitrogens is 2. The third kappa shape index (κ3) is 4.31. The fourth-order valence-electron chi connectivity index (χ4n) is 2.12. The van der Waals surface area contributed by atoms with Crippen LogP contribution in [0.25, 0.3) is 11.3 Å². The summed E-state index contributed by atoms with van der Waals surface area (Å²) >= 11 is 0. The average molecular weight is 312 g/mol. The molecule has 0 saturated heterocycles. The van der Waals surface area contributed by atoms with Crippen LogP contribution in [0.4, 0.5) is 11.8 Å². The second kappa shape index (κ2) is 7.42. The summed E-state index contributed by atoms with van der Waals surface area (Å²) < 4.78 is 5.74. The van der Waals surface area contributed by atoms with Gasteiger partial charge >= 0.3 is 0 Å². The molecule has 0 atom stereocenters. The van der Waals surface area contributed by atoms with E-state index in [0.717, 1.165) is 13.0 Å². The largest absolute Gasteiger partial charge is 0.494 e. The molecule has 0 aliphatic rings. The van der Waals surface area contributed by atoms with Crippen molar-refractivity contribution in [1.29, 1.82) is 5.26 Å².